The lowest BCUT2D eigenvalue weighted by Gasteiger charge is -2.09. The highest BCUT2D eigenvalue weighted by atomic mass is 16.5. The fraction of sp³-hybridized carbons (Fsp3) is 0.316. The van der Waals surface area contributed by atoms with E-state index in [0.717, 1.165) is 5.56 Å². The van der Waals surface area contributed by atoms with Gasteiger partial charge in [0.25, 0.3) is 0 Å². The molecule has 2 aromatic rings. The van der Waals surface area contributed by atoms with Crippen LogP contribution in [0.3, 0.4) is 0 Å². The molecule has 0 aliphatic heterocycles. The molecule has 0 atom stereocenters. The second-order valence-electron chi connectivity index (χ2n) is 5.13. The highest BCUT2D eigenvalue weighted by Crippen LogP contribution is 2.28. The Morgan fingerprint density at radius 1 is 0.957 bits per heavy atom. The van der Waals surface area contributed by atoms with Crippen LogP contribution >= 0.6 is 0 Å². The zero-order valence-electron chi connectivity index (χ0n) is 13.6. The quantitative estimate of drug-likeness (QED) is 0.520. The van der Waals surface area contributed by atoms with Gasteiger partial charge in [-0.05, 0) is 30.2 Å². The number of hydrogen-bond acceptors (Lipinski definition) is 4. The molecule has 0 aliphatic rings. The highest BCUT2D eigenvalue weighted by Gasteiger charge is 2.10. The van der Waals surface area contributed by atoms with Crippen LogP contribution in [0.15, 0.2) is 48.5 Å². The smallest absolute Gasteiger partial charge is 0.163 e. The van der Waals surface area contributed by atoms with Gasteiger partial charge >= 0.3 is 0 Å². The normalized spacial score (nSPS) is 10.3. The molecule has 0 spiro atoms. The van der Waals surface area contributed by atoms with Gasteiger partial charge in [-0.2, -0.15) is 0 Å². The number of methoxy groups -OCH3 is 2. The average molecular weight is 314 g/mol. The van der Waals surface area contributed by atoms with Gasteiger partial charge < -0.3 is 14.2 Å². The first kappa shape index (κ1) is 17.0. The molecule has 0 fully saturated rings. The van der Waals surface area contributed by atoms with Crippen LogP contribution in [-0.4, -0.2) is 26.6 Å². The standard InChI is InChI=1S/C19H22O4/c1-21-18-11-10-16(13-19(18)22-2)17(20)9-6-12-23-14-15-7-4-3-5-8-15/h3-5,7-8,10-11,13H,6,9,12,14H2,1-2H3. The van der Waals surface area contributed by atoms with Gasteiger partial charge in [-0.1, -0.05) is 30.3 Å². The summed E-state index contributed by atoms with van der Waals surface area (Å²) >= 11 is 0. The van der Waals surface area contributed by atoms with E-state index >= 15 is 0 Å². The summed E-state index contributed by atoms with van der Waals surface area (Å²) in [7, 11) is 3.13. The summed E-state index contributed by atoms with van der Waals surface area (Å²) in [5.74, 6) is 1.27. The minimum Gasteiger partial charge on any atom is -0.493 e. The number of carbonyl (C=O) groups is 1. The summed E-state index contributed by atoms with van der Waals surface area (Å²) in [5.41, 5.74) is 1.77. The second kappa shape index (κ2) is 8.96. The van der Waals surface area contributed by atoms with Crippen molar-refractivity contribution in [3.8, 4) is 11.5 Å². The van der Waals surface area contributed by atoms with Crippen molar-refractivity contribution >= 4 is 5.78 Å². The zero-order valence-corrected chi connectivity index (χ0v) is 13.6. The van der Waals surface area contributed by atoms with Crippen molar-refractivity contribution in [2.75, 3.05) is 20.8 Å². The van der Waals surface area contributed by atoms with Crippen molar-refractivity contribution in [1.82, 2.24) is 0 Å². The third kappa shape index (κ3) is 5.11. The lowest BCUT2D eigenvalue weighted by Crippen LogP contribution is -2.03. The Morgan fingerprint density at radius 3 is 2.39 bits per heavy atom. The van der Waals surface area contributed by atoms with E-state index in [1.165, 1.54) is 0 Å². The highest BCUT2D eigenvalue weighted by molar-refractivity contribution is 5.96. The molecule has 0 N–H and O–H groups in total. The number of benzene rings is 2. The van der Waals surface area contributed by atoms with E-state index < -0.39 is 0 Å². The van der Waals surface area contributed by atoms with Gasteiger partial charge in [-0.25, -0.2) is 0 Å². The molecule has 0 aromatic heterocycles. The van der Waals surface area contributed by atoms with Crippen molar-refractivity contribution in [2.24, 2.45) is 0 Å². The fourth-order valence-electron chi connectivity index (χ4n) is 2.25. The maximum Gasteiger partial charge on any atom is 0.163 e. The molecule has 0 bridgehead atoms. The predicted octanol–water partition coefficient (Wildman–Crippen LogP) is 3.88. The number of carbonyl (C=O) groups excluding carboxylic acids is 1. The summed E-state index contributed by atoms with van der Waals surface area (Å²) in [6, 6.07) is 15.2. The Hall–Kier alpha value is -2.33. The van der Waals surface area contributed by atoms with Gasteiger partial charge in [0.1, 0.15) is 0 Å². The lowest BCUT2D eigenvalue weighted by atomic mass is 10.1. The molecule has 0 unspecified atom stereocenters. The molecular formula is C19H22O4. The first-order valence-corrected chi connectivity index (χ1v) is 7.61. The minimum atomic E-state index is 0.0780. The number of Topliss-reactive ketones (excluding diaryl/α,β-unsaturated/α-hetero) is 1. The first-order chi connectivity index (χ1) is 11.2. The maximum absolute atomic E-state index is 12.2. The van der Waals surface area contributed by atoms with Crippen LogP contribution in [0.4, 0.5) is 0 Å². The Labute approximate surface area is 137 Å². The van der Waals surface area contributed by atoms with Crippen LogP contribution in [-0.2, 0) is 11.3 Å². The maximum atomic E-state index is 12.2. The Balaban J connectivity index is 1.76. The molecule has 122 valence electrons. The molecule has 0 heterocycles. The van der Waals surface area contributed by atoms with Crippen LogP contribution in [0, 0.1) is 0 Å². The average Bonchev–Trinajstić information content (AvgIpc) is 2.61. The fourth-order valence-corrected chi connectivity index (χ4v) is 2.25. The van der Waals surface area contributed by atoms with Crippen LogP contribution in [0.5, 0.6) is 11.5 Å². The van der Waals surface area contributed by atoms with Crippen molar-refractivity contribution in [1.29, 1.82) is 0 Å². The third-order valence-electron chi connectivity index (χ3n) is 3.51. The number of ether oxygens (including phenoxy) is 3. The topological polar surface area (TPSA) is 44.8 Å². The minimum absolute atomic E-state index is 0.0780. The van der Waals surface area contributed by atoms with Crippen molar-refractivity contribution in [3.63, 3.8) is 0 Å². The first-order valence-electron chi connectivity index (χ1n) is 7.61. The Kier molecular flexibility index (Phi) is 6.63. The van der Waals surface area contributed by atoms with E-state index in [1.54, 1.807) is 32.4 Å². The third-order valence-corrected chi connectivity index (χ3v) is 3.51. The summed E-state index contributed by atoms with van der Waals surface area (Å²) in [6.07, 6.45) is 1.14. The van der Waals surface area contributed by atoms with Crippen molar-refractivity contribution < 1.29 is 19.0 Å². The van der Waals surface area contributed by atoms with Crippen LogP contribution in [0.1, 0.15) is 28.8 Å². The number of hydrogen-bond donors (Lipinski definition) is 0. The van der Waals surface area contributed by atoms with Gasteiger partial charge in [-0.3, -0.25) is 4.79 Å². The molecule has 23 heavy (non-hydrogen) atoms. The summed E-state index contributed by atoms with van der Waals surface area (Å²) in [6.45, 7) is 1.14. The van der Waals surface area contributed by atoms with Crippen molar-refractivity contribution in [2.45, 2.75) is 19.4 Å². The molecule has 0 amide bonds. The lowest BCUT2D eigenvalue weighted by molar-refractivity contribution is 0.0919. The molecule has 0 saturated heterocycles. The number of rotatable bonds is 9. The Bertz CT molecular complexity index is 623. The van der Waals surface area contributed by atoms with E-state index in [9.17, 15) is 4.79 Å². The van der Waals surface area contributed by atoms with Gasteiger partial charge in [0.15, 0.2) is 17.3 Å². The predicted molar refractivity (Wildman–Crippen MR) is 89.2 cm³/mol. The summed E-state index contributed by atoms with van der Waals surface area (Å²) in [5, 5.41) is 0. The van der Waals surface area contributed by atoms with Gasteiger partial charge in [0.2, 0.25) is 0 Å². The molecule has 0 radical (unpaired) electrons. The zero-order chi connectivity index (χ0) is 16.5. The van der Waals surface area contributed by atoms with Crippen molar-refractivity contribution in [3.05, 3.63) is 59.7 Å². The SMILES string of the molecule is COc1ccc(C(=O)CCCOCc2ccccc2)cc1OC. The van der Waals surface area contributed by atoms with Gasteiger partial charge in [0, 0.05) is 18.6 Å². The van der Waals surface area contributed by atoms with Gasteiger partial charge in [-0.15, -0.1) is 0 Å². The van der Waals surface area contributed by atoms with Crippen LogP contribution < -0.4 is 9.47 Å². The molecule has 2 aromatic carbocycles. The van der Waals surface area contributed by atoms with E-state index in [2.05, 4.69) is 0 Å². The Morgan fingerprint density at radius 2 is 1.70 bits per heavy atom. The van der Waals surface area contributed by atoms with E-state index in [1.807, 2.05) is 30.3 Å². The second-order valence-corrected chi connectivity index (χ2v) is 5.13. The molecule has 4 heteroatoms. The number of ketones is 1. The molecule has 0 aliphatic carbocycles. The largest absolute Gasteiger partial charge is 0.493 e. The van der Waals surface area contributed by atoms with E-state index in [-0.39, 0.29) is 5.78 Å². The monoisotopic (exact) mass is 314 g/mol. The molecule has 0 saturated carbocycles. The van der Waals surface area contributed by atoms with Crippen LogP contribution in [0.2, 0.25) is 0 Å². The van der Waals surface area contributed by atoms with E-state index in [0.29, 0.717) is 43.1 Å². The summed E-state index contributed by atoms with van der Waals surface area (Å²) < 4.78 is 16.0. The molecule has 2 rings (SSSR count). The van der Waals surface area contributed by atoms with E-state index in [4.69, 9.17) is 14.2 Å². The van der Waals surface area contributed by atoms with Crippen LogP contribution in [0.25, 0.3) is 0 Å². The van der Waals surface area contributed by atoms with Gasteiger partial charge in [0.05, 0.1) is 20.8 Å². The molecular weight excluding hydrogens is 292 g/mol. The molecule has 4 nitrogen and oxygen atoms in total. The summed E-state index contributed by atoms with van der Waals surface area (Å²) in [4.78, 5) is 12.2.